The fourth-order valence-electron chi connectivity index (χ4n) is 1.91. The number of benzene rings is 1. The van der Waals surface area contributed by atoms with Crippen LogP contribution in [-0.4, -0.2) is 31.3 Å². The molecule has 1 aromatic carbocycles. The molecule has 5 heteroatoms. The summed E-state index contributed by atoms with van der Waals surface area (Å²) in [6.45, 7) is 5.51. The van der Waals surface area contributed by atoms with Gasteiger partial charge >= 0.3 is 5.97 Å². The summed E-state index contributed by atoms with van der Waals surface area (Å²) in [6, 6.07) is 5.39. The zero-order valence-electron chi connectivity index (χ0n) is 12.2. The van der Waals surface area contributed by atoms with Crippen LogP contribution in [0, 0.1) is 5.92 Å². The van der Waals surface area contributed by atoms with Crippen molar-refractivity contribution in [2.24, 2.45) is 5.92 Å². The number of ether oxygens (including phenoxy) is 1. The molecule has 0 saturated carbocycles. The molecule has 0 atom stereocenters. The van der Waals surface area contributed by atoms with Crippen molar-refractivity contribution >= 4 is 23.3 Å². The number of carboxylic acids is 1. The lowest BCUT2D eigenvalue weighted by molar-refractivity contribution is -0.136. The second-order valence-corrected chi connectivity index (χ2v) is 5.57. The predicted molar refractivity (Wildman–Crippen MR) is 81.9 cm³/mol. The summed E-state index contributed by atoms with van der Waals surface area (Å²) in [5.74, 6) is 0.455. The summed E-state index contributed by atoms with van der Waals surface area (Å²) in [4.78, 5) is 12.8. The third kappa shape index (κ3) is 5.29. The Labute approximate surface area is 125 Å². The minimum atomic E-state index is -0.805. The topological polar surface area (TPSA) is 49.8 Å². The lowest BCUT2D eigenvalue weighted by Crippen LogP contribution is -2.28. The molecular formula is C15H22ClNO3. The molecule has 0 aliphatic carbocycles. The number of carbonyl (C=O) groups is 1. The van der Waals surface area contributed by atoms with Crippen molar-refractivity contribution in [3.05, 3.63) is 23.2 Å². The Balaban J connectivity index is 2.95. The maximum Gasteiger partial charge on any atom is 0.305 e. The quantitative estimate of drug-likeness (QED) is 0.795. The van der Waals surface area contributed by atoms with Crippen LogP contribution in [0.4, 0.5) is 5.69 Å². The molecule has 0 radical (unpaired) electrons. The van der Waals surface area contributed by atoms with E-state index in [1.54, 1.807) is 19.2 Å². The number of aliphatic carboxylic acids is 1. The SMILES string of the molecule is COc1ccc(Cl)cc1N(CCC(=O)O)CCC(C)C. The zero-order chi connectivity index (χ0) is 15.1. The summed E-state index contributed by atoms with van der Waals surface area (Å²) in [6.07, 6.45) is 1.07. The number of carboxylic acid groups (broad SMARTS) is 1. The van der Waals surface area contributed by atoms with Gasteiger partial charge in [0.05, 0.1) is 19.2 Å². The van der Waals surface area contributed by atoms with Crippen molar-refractivity contribution in [1.82, 2.24) is 0 Å². The van der Waals surface area contributed by atoms with E-state index in [1.165, 1.54) is 0 Å². The number of hydrogen-bond donors (Lipinski definition) is 1. The average molecular weight is 300 g/mol. The van der Waals surface area contributed by atoms with E-state index in [0.717, 1.165) is 18.7 Å². The van der Waals surface area contributed by atoms with Gasteiger partial charge in [0.1, 0.15) is 5.75 Å². The van der Waals surface area contributed by atoms with Crippen molar-refractivity contribution < 1.29 is 14.6 Å². The molecule has 0 unspecified atom stereocenters. The summed E-state index contributed by atoms with van der Waals surface area (Å²) in [7, 11) is 1.60. The monoisotopic (exact) mass is 299 g/mol. The third-order valence-corrected chi connectivity index (χ3v) is 3.29. The predicted octanol–water partition coefficient (Wildman–Crippen LogP) is 3.68. The highest BCUT2D eigenvalue weighted by atomic mass is 35.5. The van der Waals surface area contributed by atoms with E-state index in [4.69, 9.17) is 21.4 Å². The first-order chi connectivity index (χ1) is 9.43. The normalized spacial score (nSPS) is 10.7. The van der Waals surface area contributed by atoms with Crippen LogP contribution >= 0.6 is 11.6 Å². The van der Waals surface area contributed by atoms with Gasteiger partial charge in [-0.3, -0.25) is 4.79 Å². The van der Waals surface area contributed by atoms with Gasteiger partial charge in [-0.05, 0) is 30.5 Å². The highest BCUT2D eigenvalue weighted by Gasteiger charge is 2.14. The molecular weight excluding hydrogens is 278 g/mol. The molecule has 0 saturated heterocycles. The van der Waals surface area contributed by atoms with Crippen LogP contribution in [0.15, 0.2) is 18.2 Å². The number of methoxy groups -OCH3 is 1. The summed E-state index contributed by atoms with van der Waals surface area (Å²) in [5, 5.41) is 9.50. The van der Waals surface area contributed by atoms with Crippen molar-refractivity contribution in [1.29, 1.82) is 0 Å². The second kappa shape index (κ2) is 8.00. The van der Waals surface area contributed by atoms with Crippen LogP contribution in [0.5, 0.6) is 5.75 Å². The lowest BCUT2D eigenvalue weighted by Gasteiger charge is -2.27. The Morgan fingerprint density at radius 3 is 2.65 bits per heavy atom. The maximum absolute atomic E-state index is 10.8. The van der Waals surface area contributed by atoms with Crippen molar-refractivity contribution in [3.8, 4) is 5.75 Å². The Morgan fingerprint density at radius 1 is 1.40 bits per heavy atom. The molecule has 0 amide bonds. The van der Waals surface area contributed by atoms with Crippen LogP contribution < -0.4 is 9.64 Å². The number of rotatable bonds is 8. The van der Waals surface area contributed by atoms with Crippen LogP contribution in [0.2, 0.25) is 5.02 Å². The minimum Gasteiger partial charge on any atom is -0.495 e. The van der Waals surface area contributed by atoms with E-state index in [9.17, 15) is 4.79 Å². The van der Waals surface area contributed by atoms with Gasteiger partial charge in [0.2, 0.25) is 0 Å². The number of nitrogens with zero attached hydrogens (tertiary/aromatic N) is 1. The van der Waals surface area contributed by atoms with Crippen LogP contribution in [-0.2, 0) is 4.79 Å². The second-order valence-electron chi connectivity index (χ2n) is 5.13. The number of halogens is 1. The fourth-order valence-corrected chi connectivity index (χ4v) is 2.07. The van der Waals surface area contributed by atoms with E-state index in [1.807, 2.05) is 11.0 Å². The molecule has 0 aliphatic heterocycles. The van der Waals surface area contributed by atoms with Gasteiger partial charge in [-0.15, -0.1) is 0 Å². The molecule has 0 heterocycles. The number of anilines is 1. The smallest absolute Gasteiger partial charge is 0.305 e. The highest BCUT2D eigenvalue weighted by Crippen LogP contribution is 2.31. The molecule has 20 heavy (non-hydrogen) atoms. The van der Waals surface area contributed by atoms with E-state index in [2.05, 4.69) is 13.8 Å². The van der Waals surface area contributed by atoms with Gasteiger partial charge in [-0.25, -0.2) is 0 Å². The van der Waals surface area contributed by atoms with Gasteiger partial charge in [-0.2, -0.15) is 0 Å². The molecule has 0 spiro atoms. The first kappa shape index (κ1) is 16.6. The van der Waals surface area contributed by atoms with Crippen molar-refractivity contribution in [3.63, 3.8) is 0 Å². The van der Waals surface area contributed by atoms with E-state index < -0.39 is 5.97 Å². The standard InChI is InChI=1S/C15H22ClNO3/c1-11(2)6-8-17(9-7-15(18)19)13-10-12(16)4-5-14(13)20-3/h4-5,10-11H,6-9H2,1-3H3,(H,18,19). The first-order valence-corrected chi connectivity index (χ1v) is 7.12. The average Bonchev–Trinajstić information content (AvgIpc) is 2.38. The zero-order valence-corrected chi connectivity index (χ0v) is 13.0. The Kier molecular flexibility index (Phi) is 6.65. The van der Waals surface area contributed by atoms with E-state index >= 15 is 0 Å². The third-order valence-electron chi connectivity index (χ3n) is 3.05. The van der Waals surface area contributed by atoms with E-state index in [-0.39, 0.29) is 6.42 Å². The Bertz CT molecular complexity index is 449. The highest BCUT2D eigenvalue weighted by molar-refractivity contribution is 6.30. The van der Waals surface area contributed by atoms with Crippen LogP contribution in [0.3, 0.4) is 0 Å². The van der Waals surface area contributed by atoms with E-state index in [0.29, 0.717) is 23.2 Å². The first-order valence-electron chi connectivity index (χ1n) is 6.74. The van der Waals surface area contributed by atoms with Gasteiger partial charge in [0.25, 0.3) is 0 Å². The minimum absolute atomic E-state index is 0.0910. The van der Waals surface area contributed by atoms with Crippen LogP contribution in [0.25, 0.3) is 0 Å². The summed E-state index contributed by atoms with van der Waals surface area (Å²) < 4.78 is 5.35. The molecule has 0 aliphatic rings. The van der Waals surface area contributed by atoms with Crippen LogP contribution in [0.1, 0.15) is 26.7 Å². The molecule has 0 aromatic heterocycles. The van der Waals surface area contributed by atoms with Gasteiger partial charge in [0, 0.05) is 18.1 Å². The maximum atomic E-state index is 10.8. The van der Waals surface area contributed by atoms with Gasteiger partial charge in [-0.1, -0.05) is 25.4 Å². The molecule has 0 fully saturated rings. The largest absolute Gasteiger partial charge is 0.495 e. The Morgan fingerprint density at radius 2 is 2.10 bits per heavy atom. The molecule has 1 rings (SSSR count). The number of hydrogen-bond acceptors (Lipinski definition) is 3. The lowest BCUT2D eigenvalue weighted by atomic mass is 10.1. The molecule has 4 nitrogen and oxygen atoms in total. The summed E-state index contributed by atoms with van der Waals surface area (Å²) >= 11 is 6.04. The fraction of sp³-hybridized carbons (Fsp3) is 0.533. The van der Waals surface area contributed by atoms with Crippen molar-refractivity contribution in [2.75, 3.05) is 25.1 Å². The van der Waals surface area contributed by atoms with Gasteiger partial charge < -0.3 is 14.7 Å². The molecule has 0 bridgehead atoms. The summed E-state index contributed by atoms with van der Waals surface area (Å²) in [5.41, 5.74) is 0.849. The van der Waals surface area contributed by atoms with Crippen molar-refractivity contribution in [2.45, 2.75) is 26.7 Å². The molecule has 1 N–H and O–H groups in total. The molecule has 1 aromatic rings. The molecule has 112 valence electrons. The Hall–Kier alpha value is -1.42. The van der Waals surface area contributed by atoms with Gasteiger partial charge in [0.15, 0.2) is 0 Å².